The maximum Gasteiger partial charge on any atom is 0.230 e. The van der Waals surface area contributed by atoms with Crippen LogP contribution in [-0.4, -0.2) is 21.9 Å². The molecule has 0 aliphatic rings. The quantitative estimate of drug-likeness (QED) is 0.585. The largest absolute Gasteiger partial charge is 0.351 e. The maximum atomic E-state index is 12.8. The molecule has 3 aromatic rings. The molecule has 7 heteroatoms. The normalized spacial score (nSPS) is 10.5. The molecule has 0 radical (unpaired) electrons. The van der Waals surface area contributed by atoms with E-state index < -0.39 is 0 Å². The Bertz CT molecular complexity index is 871. The van der Waals surface area contributed by atoms with Crippen molar-refractivity contribution in [2.75, 3.05) is 5.75 Å². The molecule has 0 unspecified atom stereocenters. The van der Waals surface area contributed by atoms with Crippen molar-refractivity contribution < 1.29 is 9.18 Å². The van der Waals surface area contributed by atoms with Gasteiger partial charge in [0.15, 0.2) is 0 Å². The number of rotatable bonds is 6. The first-order valence-electron chi connectivity index (χ1n) is 7.84. The van der Waals surface area contributed by atoms with Gasteiger partial charge in [0.1, 0.15) is 10.8 Å². The van der Waals surface area contributed by atoms with Gasteiger partial charge in [0.25, 0.3) is 0 Å². The van der Waals surface area contributed by atoms with Crippen molar-refractivity contribution in [3.8, 4) is 11.3 Å². The van der Waals surface area contributed by atoms with Gasteiger partial charge in [-0.2, -0.15) is 0 Å². The number of aromatic nitrogens is 2. The zero-order valence-corrected chi connectivity index (χ0v) is 16.1. The van der Waals surface area contributed by atoms with Crippen LogP contribution in [0.3, 0.4) is 0 Å². The Morgan fingerprint density at radius 1 is 1.00 bits per heavy atom. The van der Waals surface area contributed by atoms with Crippen LogP contribution in [0.5, 0.6) is 0 Å². The van der Waals surface area contributed by atoms with Gasteiger partial charge in [-0.25, -0.2) is 4.39 Å². The first kappa shape index (κ1) is 18.5. The fraction of sp³-hybridized carbons (Fsp3) is 0.105. The molecule has 26 heavy (non-hydrogen) atoms. The summed E-state index contributed by atoms with van der Waals surface area (Å²) in [5.74, 6) is -0.160. The zero-order chi connectivity index (χ0) is 18.4. The monoisotopic (exact) mass is 431 g/mol. The lowest BCUT2D eigenvalue weighted by atomic mass is 10.1. The highest BCUT2D eigenvalue weighted by Crippen LogP contribution is 2.21. The molecule has 1 amide bonds. The minimum Gasteiger partial charge on any atom is -0.351 e. The van der Waals surface area contributed by atoms with E-state index in [-0.39, 0.29) is 17.5 Å². The van der Waals surface area contributed by atoms with Crippen molar-refractivity contribution in [3.63, 3.8) is 0 Å². The van der Waals surface area contributed by atoms with Gasteiger partial charge in [-0.15, -0.1) is 10.2 Å². The van der Waals surface area contributed by atoms with E-state index in [1.165, 1.54) is 23.9 Å². The SMILES string of the molecule is O=C(CSc1ccc(-c2ccc(Br)cc2)nn1)NCc1ccc(F)cc1. The number of hydrogen-bond donors (Lipinski definition) is 1. The lowest BCUT2D eigenvalue weighted by Crippen LogP contribution is -2.24. The van der Waals surface area contributed by atoms with E-state index in [0.29, 0.717) is 11.6 Å². The Balaban J connectivity index is 1.49. The Morgan fingerprint density at radius 2 is 1.73 bits per heavy atom. The molecule has 1 N–H and O–H groups in total. The second-order valence-corrected chi connectivity index (χ2v) is 7.37. The number of benzene rings is 2. The number of carbonyl (C=O) groups excluding carboxylic acids is 1. The molecule has 132 valence electrons. The zero-order valence-electron chi connectivity index (χ0n) is 13.7. The predicted molar refractivity (Wildman–Crippen MR) is 104 cm³/mol. The highest BCUT2D eigenvalue weighted by atomic mass is 79.9. The second-order valence-electron chi connectivity index (χ2n) is 5.46. The summed E-state index contributed by atoms with van der Waals surface area (Å²) in [6.45, 7) is 0.369. The van der Waals surface area contributed by atoms with Crippen LogP contribution in [0.1, 0.15) is 5.56 Å². The average molecular weight is 432 g/mol. The van der Waals surface area contributed by atoms with E-state index in [2.05, 4.69) is 31.4 Å². The van der Waals surface area contributed by atoms with Gasteiger partial charge in [0, 0.05) is 16.6 Å². The van der Waals surface area contributed by atoms with Crippen molar-refractivity contribution in [3.05, 3.63) is 76.5 Å². The molecule has 0 atom stereocenters. The number of halogens is 2. The Labute approximate surface area is 163 Å². The maximum absolute atomic E-state index is 12.8. The third-order valence-electron chi connectivity index (χ3n) is 3.53. The summed E-state index contributed by atoms with van der Waals surface area (Å²) in [5, 5.41) is 11.8. The molecule has 0 saturated heterocycles. The van der Waals surface area contributed by atoms with E-state index in [9.17, 15) is 9.18 Å². The van der Waals surface area contributed by atoms with Gasteiger partial charge in [0.2, 0.25) is 5.91 Å². The summed E-state index contributed by atoms with van der Waals surface area (Å²) in [6, 6.07) is 17.6. The third-order valence-corrected chi connectivity index (χ3v) is 4.98. The van der Waals surface area contributed by atoms with Crippen molar-refractivity contribution in [2.45, 2.75) is 11.6 Å². The average Bonchev–Trinajstić information content (AvgIpc) is 2.67. The van der Waals surface area contributed by atoms with E-state index in [0.717, 1.165) is 21.3 Å². The van der Waals surface area contributed by atoms with Crippen molar-refractivity contribution in [2.24, 2.45) is 0 Å². The van der Waals surface area contributed by atoms with Gasteiger partial charge < -0.3 is 5.32 Å². The van der Waals surface area contributed by atoms with Crippen molar-refractivity contribution >= 4 is 33.6 Å². The fourth-order valence-electron chi connectivity index (χ4n) is 2.17. The number of thioether (sulfide) groups is 1. The summed E-state index contributed by atoms with van der Waals surface area (Å²) in [7, 11) is 0. The number of carbonyl (C=O) groups is 1. The predicted octanol–water partition coefficient (Wildman–Crippen LogP) is 4.45. The summed E-state index contributed by atoms with van der Waals surface area (Å²) in [4.78, 5) is 11.9. The summed E-state index contributed by atoms with van der Waals surface area (Å²) in [6.07, 6.45) is 0. The highest BCUT2D eigenvalue weighted by molar-refractivity contribution is 9.10. The summed E-state index contributed by atoms with van der Waals surface area (Å²) >= 11 is 4.72. The molecular formula is C19H15BrFN3OS. The smallest absolute Gasteiger partial charge is 0.230 e. The van der Waals surface area contributed by atoms with E-state index >= 15 is 0 Å². The molecule has 1 heterocycles. The van der Waals surface area contributed by atoms with Crippen LogP contribution in [0, 0.1) is 5.82 Å². The van der Waals surface area contributed by atoms with Crippen LogP contribution in [0.2, 0.25) is 0 Å². The van der Waals surface area contributed by atoms with Gasteiger partial charge in [0.05, 0.1) is 11.4 Å². The number of nitrogens with zero attached hydrogens (tertiary/aromatic N) is 2. The Morgan fingerprint density at radius 3 is 2.38 bits per heavy atom. The highest BCUT2D eigenvalue weighted by Gasteiger charge is 2.06. The molecule has 4 nitrogen and oxygen atoms in total. The first-order chi connectivity index (χ1) is 12.6. The van der Waals surface area contributed by atoms with Gasteiger partial charge in [-0.1, -0.05) is 52.0 Å². The molecule has 0 aliphatic heterocycles. The first-order valence-corrected chi connectivity index (χ1v) is 9.61. The van der Waals surface area contributed by atoms with Crippen LogP contribution in [0.4, 0.5) is 4.39 Å². The Hall–Kier alpha value is -2.25. The van der Waals surface area contributed by atoms with Crippen LogP contribution >= 0.6 is 27.7 Å². The molecule has 0 spiro atoms. The lowest BCUT2D eigenvalue weighted by molar-refractivity contribution is -0.118. The number of amides is 1. The van der Waals surface area contributed by atoms with Gasteiger partial charge in [-0.3, -0.25) is 4.79 Å². The Kier molecular flexibility index (Phi) is 6.35. The molecule has 1 aromatic heterocycles. The lowest BCUT2D eigenvalue weighted by Gasteiger charge is -2.05. The summed E-state index contributed by atoms with van der Waals surface area (Å²) < 4.78 is 13.9. The molecular weight excluding hydrogens is 417 g/mol. The topological polar surface area (TPSA) is 54.9 Å². The molecule has 0 saturated carbocycles. The molecule has 0 fully saturated rings. The minimum atomic E-state index is -0.291. The van der Waals surface area contributed by atoms with Crippen LogP contribution < -0.4 is 5.32 Å². The molecule has 2 aromatic carbocycles. The third kappa shape index (κ3) is 5.37. The van der Waals surface area contributed by atoms with Crippen LogP contribution in [0.25, 0.3) is 11.3 Å². The second kappa shape index (κ2) is 8.91. The van der Waals surface area contributed by atoms with Crippen LogP contribution in [-0.2, 0) is 11.3 Å². The molecule has 0 aliphatic carbocycles. The standard InChI is InChI=1S/C19H15BrFN3OS/c20-15-5-3-14(4-6-15)17-9-10-19(24-23-17)26-12-18(25)22-11-13-1-7-16(21)8-2-13/h1-10H,11-12H2,(H,22,25). The van der Waals surface area contributed by atoms with E-state index in [4.69, 9.17) is 0 Å². The van der Waals surface area contributed by atoms with Gasteiger partial charge in [-0.05, 0) is 42.0 Å². The van der Waals surface area contributed by atoms with E-state index in [1.54, 1.807) is 12.1 Å². The minimum absolute atomic E-state index is 0.113. The van der Waals surface area contributed by atoms with Gasteiger partial charge >= 0.3 is 0 Å². The van der Waals surface area contributed by atoms with Crippen molar-refractivity contribution in [1.82, 2.24) is 15.5 Å². The van der Waals surface area contributed by atoms with E-state index in [1.807, 2.05) is 36.4 Å². The fourth-order valence-corrected chi connectivity index (χ4v) is 3.07. The van der Waals surface area contributed by atoms with Crippen LogP contribution in [0.15, 0.2) is 70.2 Å². The van der Waals surface area contributed by atoms with Crippen molar-refractivity contribution in [1.29, 1.82) is 0 Å². The molecule has 0 bridgehead atoms. The summed E-state index contributed by atoms with van der Waals surface area (Å²) in [5.41, 5.74) is 2.61. The molecule has 3 rings (SSSR count). The number of nitrogens with one attached hydrogen (secondary N) is 1. The number of hydrogen-bond acceptors (Lipinski definition) is 4.